The minimum Gasteiger partial charge on any atom is -0.302 e. The molecule has 0 bridgehead atoms. The van der Waals surface area contributed by atoms with Gasteiger partial charge in [-0.1, -0.05) is 12.1 Å². The van der Waals surface area contributed by atoms with E-state index in [-0.39, 0.29) is 6.04 Å². The standard InChI is InChI=1S/C13H10F2N2S/c14-8-3-4-9(10(15)6-8)11-7-12(17-16-11)13-2-1-5-18-13/h1-6,11,16H,7H2. The highest BCUT2D eigenvalue weighted by molar-refractivity contribution is 7.12. The molecule has 5 heteroatoms. The number of rotatable bonds is 2. The summed E-state index contributed by atoms with van der Waals surface area (Å²) in [6, 6.07) is 7.35. The van der Waals surface area contributed by atoms with Crippen LogP contribution in [-0.4, -0.2) is 5.71 Å². The maximum atomic E-state index is 13.6. The fourth-order valence-corrected chi connectivity index (χ4v) is 2.73. The van der Waals surface area contributed by atoms with Crippen molar-refractivity contribution in [3.05, 3.63) is 57.8 Å². The third-order valence-electron chi connectivity index (χ3n) is 2.90. The van der Waals surface area contributed by atoms with Crippen LogP contribution >= 0.6 is 11.3 Å². The fraction of sp³-hybridized carbons (Fsp3) is 0.154. The monoisotopic (exact) mass is 264 g/mol. The molecule has 0 radical (unpaired) electrons. The fourth-order valence-electron chi connectivity index (χ4n) is 2.00. The molecule has 1 aromatic heterocycles. The Balaban J connectivity index is 1.82. The van der Waals surface area contributed by atoms with Gasteiger partial charge in [0.15, 0.2) is 0 Å². The van der Waals surface area contributed by atoms with Crippen molar-refractivity contribution in [1.82, 2.24) is 5.43 Å². The van der Waals surface area contributed by atoms with Crippen LogP contribution in [0.2, 0.25) is 0 Å². The van der Waals surface area contributed by atoms with E-state index in [0.717, 1.165) is 16.7 Å². The van der Waals surface area contributed by atoms with E-state index in [1.54, 1.807) is 11.3 Å². The van der Waals surface area contributed by atoms with E-state index >= 15 is 0 Å². The second-order valence-electron chi connectivity index (χ2n) is 4.09. The van der Waals surface area contributed by atoms with Crippen molar-refractivity contribution in [2.45, 2.75) is 12.5 Å². The van der Waals surface area contributed by atoms with E-state index in [4.69, 9.17) is 0 Å². The summed E-state index contributed by atoms with van der Waals surface area (Å²) in [7, 11) is 0. The number of nitrogens with zero attached hydrogens (tertiary/aromatic N) is 1. The molecule has 1 aliphatic heterocycles. The van der Waals surface area contributed by atoms with Gasteiger partial charge in [0.2, 0.25) is 0 Å². The first kappa shape index (κ1) is 11.3. The lowest BCUT2D eigenvalue weighted by atomic mass is 10.0. The molecular formula is C13H10F2N2S. The van der Waals surface area contributed by atoms with Crippen molar-refractivity contribution in [2.24, 2.45) is 5.10 Å². The van der Waals surface area contributed by atoms with Crippen LogP contribution in [0.15, 0.2) is 40.8 Å². The summed E-state index contributed by atoms with van der Waals surface area (Å²) >= 11 is 1.60. The molecule has 1 unspecified atom stereocenters. The van der Waals surface area contributed by atoms with E-state index < -0.39 is 11.6 Å². The number of hydrazone groups is 1. The second kappa shape index (κ2) is 4.49. The van der Waals surface area contributed by atoms with E-state index in [9.17, 15) is 8.78 Å². The molecule has 2 nitrogen and oxygen atoms in total. The maximum Gasteiger partial charge on any atom is 0.131 e. The molecule has 1 N–H and O–H groups in total. The molecule has 1 aromatic carbocycles. The number of thiophene rings is 1. The summed E-state index contributed by atoms with van der Waals surface area (Å²) in [6.07, 6.45) is 0.614. The lowest BCUT2D eigenvalue weighted by molar-refractivity contribution is 0.533. The van der Waals surface area contributed by atoms with Crippen molar-refractivity contribution in [3.8, 4) is 0 Å². The zero-order chi connectivity index (χ0) is 12.5. The number of halogens is 2. The molecule has 1 aliphatic rings. The molecule has 0 saturated heterocycles. The molecule has 0 fully saturated rings. The summed E-state index contributed by atoms with van der Waals surface area (Å²) in [5, 5.41) is 6.19. The predicted molar refractivity (Wildman–Crippen MR) is 67.7 cm³/mol. The second-order valence-corrected chi connectivity index (χ2v) is 5.04. The average Bonchev–Trinajstić information content (AvgIpc) is 2.99. The van der Waals surface area contributed by atoms with Crippen molar-refractivity contribution in [2.75, 3.05) is 0 Å². The normalized spacial score (nSPS) is 18.6. The lowest BCUT2D eigenvalue weighted by Crippen LogP contribution is -2.11. The number of hydrogen-bond acceptors (Lipinski definition) is 3. The SMILES string of the molecule is Fc1ccc(C2CC(c3cccs3)=NN2)c(F)c1. The first-order valence-electron chi connectivity index (χ1n) is 5.55. The molecule has 3 rings (SSSR count). The molecule has 18 heavy (non-hydrogen) atoms. The summed E-state index contributed by atoms with van der Waals surface area (Å²) in [5.41, 5.74) is 4.27. The van der Waals surface area contributed by atoms with Gasteiger partial charge in [-0.3, -0.25) is 0 Å². The first-order chi connectivity index (χ1) is 8.74. The predicted octanol–water partition coefficient (Wildman–Crippen LogP) is 3.47. The molecule has 92 valence electrons. The van der Waals surface area contributed by atoms with Crippen molar-refractivity contribution in [3.63, 3.8) is 0 Å². The molecule has 0 saturated carbocycles. The Labute approximate surface area is 107 Å². The third-order valence-corrected chi connectivity index (χ3v) is 3.82. The Hall–Kier alpha value is -1.75. The van der Waals surface area contributed by atoms with Gasteiger partial charge in [0.25, 0.3) is 0 Å². The van der Waals surface area contributed by atoms with Crippen LogP contribution in [0.5, 0.6) is 0 Å². The highest BCUT2D eigenvalue weighted by Crippen LogP contribution is 2.27. The van der Waals surface area contributed by atoms with Crippen LogP contribution in [0.3, 0.4) is 0 Å². The minimum atomic E-state index is -0.561. The number of nitrogens with one attached hydrogen (secondary N) is 1. The Morgan fingerprint density at radius 3 is 2.89 bits per heavy atom. The Morgan fingerprint density at radius 2 is 2.17 bits per heavy atom. The van der Waals surface area contributed by atoms with Gasteiger partial charge in [0, 0.05) is 18.1 Å². The van der Waals surface area contributed by atoms with E-state index in [0.29, 0.717) is 12.0 Å². The van der Waals surface area contributed by atoms with Crippen LogP contribution in [-0.2, 0) is 0 Å². The largest absolute Gasteiger partial charge is 0.302 e. The number of hydrogen-bond donors (Lipinski definition) is 1. The minimum absolute atomic E-state index is 0.220. The summed E-state index contributed by atoms with van der Waals surface area (Å²) < 4.78 is 26.5. The van der Waals surface area contributed by atoms with Crippen molar-refractivity contribution >= 4 is 17.0 Å². The van der Waals surface area contributed by atoms with Crippen LogP contribution < -0.4 is 5.43 Å². The highest BCUT2D eigenvalue weighted by Gasteiger charge is 2.24. The van der Waals surface area contributed by atoms with Gasteiger partial charge in [-0.2, -0.15) is 5.10 Å². The van der Waals surface area contributed by atoms with Gasteiger partial charge in [0.05, 0.1) is 16.6 Å². The average molecular weight is 264 g/mol. The molecule has 2 heterocycles. The molecule has 0 aliphatic carbocycles. The highest BCUT2D eigenvalue weighted by atomic mass is 32.1. The Bertz CT molecular complexity index is 593. The molecule has 0 spiro atoms. The molecule has 1 atom stereocenters. The topological polar surface area (TPSA) is 24.4 Å². The van der Waals surface area contributed by atoms with Gasteiger partial charge in [0.1, 0.15) is 11.6 Å². The number of benzene rings is 1. The van der Waals surface area contributed by atoms with Gasteiger partial charge in [-0.15, -0.1) is 11.3 Å². The first-order valence-corrected chi connectivity index (χ1v) is 6.43. The summed E-state index contributed by atoms with van der Waals surface area (Å²) in [4.78, 5) is 1.08. The van der Waals surface area contributed by atoms with Gasteiger partial charge >= 0.3 is 0 Å². The molecular weight excluding hydrogens is 254 g/mol. The van der Waals surface area contributed by atoms with E-state index in [1.165, 1.54) is 12.1 Å². The third kappa shape index (κ3) is 2.01. The summed E-state index contributed by atoms with van der Waals surface area (Å²) in [5.74, 6) is -1.09. The zero-order valence-electron chi connectivity index (χ0n) is 9.36. The van der Waals surface area contributed by atoms with Crippen LogP contribution in [0.1, 0.15) is 22.9 Å². The smallest absolute Gasteiger partial charge is 0.131 e. The Morgan fingerprint density at radius 1 is 1.28 bits per heavy atom. The Kier molecular flexibility index (Phi) is 2.83. The van der Waals surface area contributed by atoms with Gasteiger partial charge in [-0.25, -0.2) is 8.78 Å². The van der Waals surface area contributed by atoms with Crippen LogP contribution in [0.4, 0.5) is 8.78 Å². The maximum absolute atomic E-state index is 13.6. The van der Waals surface area contributed by atoms with Gasteiger partial charge < -0.3 is 5.43 Å². The zero-order valence-corrected chi connectivity index (χ0v) is 10.2. The van der Waals surface area contributed by atoms with Gasteiger partial charge in [-0.05, 0) is 17.5 Å². The molecule has 2 aromatic rings. The lowest BCUT2D eigenvalue weighted by Gasteiger charge is -2.10. The quantitative estimate of drug-likeness (QED) is 0.882. The molecule has 0 amide bonds. The van der Waals surface area contributed by atoms with Crippen LogP contribution in [0, 0.1) is 11.6 Å². The van der Waals surface area contributed by atoms with Crippen LogP contribution in [0.25, 0.3) is 0 Å². The van der Waals surface area contributed by atoms with Crippen molar-refractivity contribution < 1.29 is 8.78 Å². The summed E-state index contributed by atoms with van der Waals surface area (Å²) in [6.45, 7) is 0. The van der Waals surface area contributed by atoms with Crippen molar-refractivity contribution in [1.29, 1.82) is 0 Å². The van der Waals surface area contributed by atoms with E-state index in [1.807, 2.05) is 17.5 Å². The van der Waals surface area contributed by atoms with E-state index in [2.05, 4.69) is 10.5 Å².